The van der Waals surface area contributed by atoms with Gasteiger partial charge in [0.25, 0.3) is 5.91 Å². The first kappa shape index (κ1) is 23.6. The van der Waals surface area contributed by atoms with Gasteiger partial charge in [-0.2, -0.15) is 31.3 Å². The van der Waals surface area contributed by atoms with Crippen molar-refractivity contribution >= 4 is 34.8 Å². The molecule has 13 heteroatoms. The van der Waals surface area contributed by atoms with Gasteiger partial charge in [-0.3, -0.25) is 4.79 Å². The number of halogens is 8. The summed E-state index contributed by atoms with van der Waals surface area (Å²) in [6.07, 6.45) is -9.19. The van der Waals surface area contributed by atoms with E-state index in [1.807, 2.05) is 0 Å². The molecule has 3 rings (SSSR count). The fourth-order valence-corrected chi connectivity index (χ4v) is 2.82. The number of hydrogen-bond donors (Lipinski definition) is 1. The fraction of sp³-hybridized carbons (Fsp3) is 0.105. The molecule has 1 aromatic heterocycles. The summed E-state index contributed by atoms with van der Waals surface area (Å²) in [5.74, 6) is -4.08. The predicted octanol–water partition coefficient (Wildman–Crippen LogP) is 6.87. The second-order valence-electron chi connectivity index (χ2n) is 6.12. The Balaban J connectivity index is 2.00. The first-order chi connectivity index (χ1) is 14.8. The normalized spacial score (nSPS) is 11.9. The highest BCUT2D eigenvalue weighted by Gasteiger charge is 2.36. The number of carbonyl (C=O) groups is 1. The third kappa shape index (κ3) is 5.60. The molecule has 1 amide bonds. The fourth-order valence-electron chi connectivity index (χ4n) is 2.36. The Morgan fingerprint density at radius 2 is 1.69 bits per heavy atom. The van der Waals surface area contributed by atoms with Crippen molar-refractivity contribution < 1.29 is 35.9 Å². The Bertz CT molecular complexity index is 1170. The van der Waals surface area contributed by atoms with Gasteiger partial charge in [0.2, 0.25) is 11.7 Å². The molecular weight excluding hydrogens is 487 g/mol. The van der Waals surface area contributed by atoms with E-state index in [2.05, 4.69) is 15.3 Å². The van der Waals surface area contributed by atoms with Crippen molar-refractivity contribution in [3.05, 3.63) is 75.7 Å². The third-order valence-electron chi connectivity index (χ3n) is 3.81. The predicted molar refractivity (Wildman–Crippen MR) is 103 cm³/mol. The summed E-state index contributed by atoms with van der Waals surface area (Å²) in [5.41, 5.74) is -1.63. The summed E-state index contributed by atoms with van der Waals surface area (Å²) in [7, 11) is 0. The van der Waals surface area contributed by atoms with Crippen molar-refractivity contribution in [3.63, 3.8) is 0 Å². The molecule has 3 aromatic rings. The number of benzene rings is 2. The maximum absolute atomic E-state index is 13.0. The van der Waals surface area contributed by atoms with Crippen LogP contribution in [0.25, 0.3) is 0 Å². The van der Waals surface area contributed by atoms with Gasteiger partial charge in [0.1, 0.15) is 11.3 Å². The SMILES string of the molecule is O=C(Nc1ccc(Cl)cc1Cl)c1cnc(C(F)(F)F)nc1Oc1cccc(C(F)(F)F)c1. The lowest BCUT2D eigenvalue weighted by Crippen LogP contribution is -2.18. The zero-order chi connectivity index (χ0) is 23.7. The number of hydrogen-bond acceptors (Lipinski definition) is 4. The molecule has 0 aliphatic heterocycles. The number of ether oxygens (including phenoxy) is 1. The minimum absolute atomic E-state index is 0.0269. The molecule has 0 atom stereocenters. The largest absolute Gasteiger partial charge is 0.451 e. The summed E-state index contributed by atoms with van der Waals surface area (Å²) >= 11 is 11.7. The third-order valence-corrected chi connectivity index (χ3v) is 4.35. The van der Waals surface area contributed by atoms with Crippen LogP contribution in [0.1, 0.15) is 21.7 Å². The van der Waals surface area contributed by atoms with Gasteiger partial charge in [-0.1, -0.05) is 29.3 Å². The minimum Gasteiger partial charge on any atom is -0.438 e. The molecule has 0 aliphatic carbocycles. The van der Waals surface area contributed by atoms with Crippen LogP contribution in [0.2, 0.25) is 10.0 Å². The van der Waals surface area contributed by atoms with Crippen molar-refractivity contribution in [2.45, 2.75) is 12.4 Å². The first-order valence-corrected chi connectivity index (χ1v) is 9.16. The van der Waals surface area contributed by atoms with Crippen LogP contribution in [0, 0.1) is 0 Å². The van der Waals surface area contributed by atoms with Crippen LogP contribution in [0.5, 0.6) is 11.6 Å². The molecule has 0 unspecified atom stereocenters. The Morgan fingerprint density at radius 3 is 2.31 bits per heavy atom. The average molecular weight is 496 g/mol. The molecule has 0 radical (unpaired) electrons. The highest BCUT2D eigenvalue weighted by atomic mass is 35.5. The average Bonchev–Trinajstić information content (AvgIpc) is 2.69. The lowest BCUT2D eigenvalue weighted by Gasteiger charge is -2.14. The molecule has 1 N–H and O–H groups in total. The number of alkyl halides is 6. The topological polar surface area (TPSA) is 64.1 Å². The van der Waals surface area contributed by atoms with E-state index in [9.17, 15) is 31.1 Å². The van der Waals surface area contributed by atoms with Crippen LogP contribution in [0.15, 0.2) is 48.7 Å². The number of aromatic nitrogens is 2. The van der Waals surface area contributed by atoms with E-state index in [1.165, 1.54) is 18.2 Å². The summed E-state index contributed by atoms with van der Waals surface area (Å²) in [5, 5.41) is 2.61. The van der Waals surface area contributed by atoms with E-state index in [1.54, 1.807) is 0 Å². The van der Waals surface area contributed by atoms with Crippen molar-refractivity contribution in [2.24, 2.45) is 0 Å². The van der Waals surface area contributed by atoms with E-state index in [0.717, 1.165) is 18.2 Å². The van der Waals surface area contributed by atoms with Crippen molar-refractivity contribution in [3.8, 4) is 11.6 Å². The molecule has 168 valence electrons. The second-order valence-corrected chi connectivity index (χ2v) is 6.96. The Labute approximate surface area is 186 Å². The molecule has 32 heavy (non-hydrogen) atoms. The van der Waals surface area contributed by atoms with E-state index in [4.69, 9.17) is 27.9 Å². The quantitative estimate of drug-likeness (QED) is 0.401. The minimum atomic E-state index is -5.00. The van der Waals surface area contributed by atoms with Gasteiger partial charge in [0.05, 0.1) is 16.3 Å². The molecule has 0 aliphatic rings. The summed E-state index contributed by atoms with van der Waals surface area (Å²) in [4.78, 5) is 18.9. The number of amides is 1. The number of nitrogens with zero attached hydrogens (tertiary/aromatic N) is 2. The Hall–Kier alpha value is -3.05. The van der Waals surface area contributed by atoms with Crippen LogP contribution in [0.3, 0.4) is 0 Å². The van der Waals surface area contributed by atoms with Crippen LogP contribution in [0.4, 0.5) is 32.0 Å². The van der Waals surface area contributed by atoms with E-state index in [-0.39, 0.29) is 15.7 Å². The molecule has 2 aromatic carbocycles. The number of carbonyl (C=O) groups excluding carboxylic acids is 1. The summed E-state index contributed by atoms with van der Waals surface area (Å²) in [6, 6.07) is 7.37. The molecule has 0 saturated carbocycles. The van der Waals surface area contributed by atoms with Crippen LogP contribution in [-0.2, 0) is 12.4 Å². The van der Waals surface area contributed by atoms with E-state index < -0.39 is 46.8 Å². The Kier molecular flexibility index (Phi) is 6.51. The maximum atomic E-state index is 13.0. The standard InChI is InChI=1S/C19H9Cl2F6N3O2/c20-10-4-5-14(13(21)7-10)29-15(31)12-8-28-17(19(25,26)27)30-16(12)32-11-3-1-2-9(6-11)18(22,23)24/h1-8H,(H,29,31). The second kappa shape index (κ2) is 8.83. The van der Waals surface area contributed by atoms with Crippen LogP contribution >= 0.6 is 23.2 Å². The van der Waals surface area contributed by atoms with E-state index in [0.29, 0.717) is 12.3 Å². The van der Waals surface area contributed by atoms with Crippen molar-refractivity contribution in [2.75, 3.05) is 5.32 Å². The molecule has 0 spiro atoms. The molecule has 0 fully saturated rings. The zero-order valence-electron chi connectivity index (χ0n) is 15.4. The van der Waals surface area contributed by atoms with E-state index >= 15 is 0 Å². The van der Waals surface area contributed by atoms with Crippen LogP contribution in [-0.4, -0.2) is 15.9 Å². The van der Waals surface area contributed by atoms with Gasteiger partial charge >= 0.3 is 12.4 Å². The summed E-state index contributed by atoms with van der Waals surface area (Å²) < 4.78 is 83.0. The highest BCUT2D eigenvalue weighted by molar-refractivity contribution is 6.36. The number of anilines is 1. The van der Waals surface area contributed by atoms with Gasteiger partial charge in [0.15, 0.2) is 0 Å². The van der Waals surface area contributed by atoms with Gasteiger partial charge in [0, 0.05) is 11.2 Å². The monoisotopic (exact) mass is 495 g/mol. The lowest BCUT2D eigenvalue weighted by atomic mass is 10.2. The Morgan fingerprint density at radius 1 is 0.969 bits per heavy atom. The summed E-state index contributed by atoms with van der Waals surface area (Å²) in [6.45, 7) is 0. The first-order valence-electron chi connectivity index (χ1n) is 8.40. The number of nitrogens with one attached hydrogen (secondary N) is 1. The van der Waals surface area contributed by atoms with Gasteiger partial charge in [-0.05, 0) is 36.4 Å². The van der Waals surface area contributed by atoms with Gasteiger partial charge < -0.3 is 10.1 Å². The number of rotatable bonds is 4. The molecule has 0 bridgehead atoms. The molecule has 0 saturated heterocycles. The van der Waals surface area contributed by atoms with Crippen LogP contribution < -0.4 is 10.1 Å². The zero-order valence-corrected chi connectivity index (χ0v) is 16.9. The molecule has 5 nitrogen and oxygen atoms in total. The van der Waals surface area contributed by atoms with Crippen molar-refractivity contribution in [1.29, 1.82) is 0 Å². The van der Waals surface area contributed by atoms with Gasteiger partial charge in [-0.15, -0.1) is 0 Å². The lowest BCUT2D eigenvalue weighted by molar-refractivity contribution is -0.145. The van der Waals surface area contributed by atoms with Gasteiger partial charge in [-0.25, -0.2) is 4.98 Å². The smallest absolute Gasteiger partial charge is 0.438 e. The molecule has 1 heterocycles. The van der Waals surface area contributed by atoms with Crippen molar-refractivity contribution in [1.82, 2.24) is 9.97 Å². The maximum Gasteiger partial charge on any atom is 0.451 e. The highest BCUT2D eigenvalue weighted by Crippen LogP contribution is 2.35. The molecular formula is C19H9Cl2F6N3O2.